The summed E-state index contributed by atoms with van der Waals surface area (Å²) in [6.07, 6.45) is 0.0581. The molecule has 0 saturated heterocycles. The van der Waals surface area contributed by atoms with Gasteiger partial charge in [0.25, 0.3) is 0 Å². The monoisotopic (exact) mass is 204 g/mol. The number of aliphatic hydroxyl groups is 1. The molecule has 0 aromatic carbocycles. The van der Waals surface area contributed by atoms with Crippen LogP contribution in [0.3, 0.4) is 0 Å². The highest BCUT2D eigenvalue weighted by molar-refractivity contribution is 5.75. The molecule has 3 N–H and O–H groups in total. The van der Waals surface area contributed by atoms with Gasteiger partial charge in [-0.3, -0.25) is 4.79 Å². The highest BCUT2D eigenvalue weighted by atomic mass is 16.5. The number of hydrogen-bond donors (Lipinski definition) is 3. The number of methoxy groups -OCH3 is 1. The second-order valence-electron chi connectivity index (χ2n) is 3.15. The van der Waals surface area contributed by atoms with Gasteiger partial charge in [0, 0.05) is 33.2 Å². The topological polar surface area (TPSA) is 70.6 Å². The molecule has 5 nitrogen and oxygen atoms in total. The summed E-state index contributed by atoms with van der Waals surface area (Å²) in [5, 5.41) is 14.6. The van der Waals surface area contributed by atoms with Crippen LogP contribution in [0.2, 0.25) is 0 Å². The van der Waals surface area contributed by atoms with Gasteiger partial charge in [0.2, 0.25) is 5.91 Å². The van der Waals surface area contributed by atoms with Crippen molar-refractivity contribution in [1.82, 2.24) is 10.6 Å². The van der Waals surface area contributed by atoms with E-state index in [1.54, 1.807) is 14.0 Å². The highest BCUT2D eigenvalue weighted by Gasteiger charge is 2.00. The second kappa shape index (κ2) is 8.93. The summed E-state index contributed by atoms with van der Waals surface area (Å²) >= 11 is 0. The Morgan fingerprint density at radius 2 is 2.21 bits per heavy atom. The molecule has 14 heavy (non-hydrogen) atoms. The number of nitrogens with one attached hydrogen (secondary N) is 2. The van der Waals surface area contributed by atoms with Crippen molar-refractivity contribution in [2.45, 2.75) is 19.4 Å². The molecule has 0 aliphatic carbocycles. The molecule has 84 valence electrons. The fourth-order valence-corrected chi connectivity index (χ4v) is 0.894. The third kappa shape index (κ3) is 9.44. The van der Waals surface area contributed by atoms with Gasteiger partial charge in [0.1, 0.15) is 0 Å². The largest absolute Gasteiger partial charge is 0.392 e. The Labute approximate surface area is 84.8 Å². The van der Waals surface area contributed by atoms with Crippen LogP contribution in [0.5, 0.6) is 0 Å². The molecule has 0 saturated carbocycles. The average Bonchev–Trinajstić information content (AvgIpc) is 2.13. The third-order valence-corrected chi connectivity index (χ3v) is 1.60. The molecule has 0 aliphatic heterocycles. The third-order valence-electron chi connectivity index (χ3n) is 1.60. The van der Waals surface area contributed by atoms with Crippen LogP contribution in [0.4, 0.5) is 0 Å². The molecule has 0 aromatic rings. The summed E-state index contributed by atoms with van der Waals surface area (Å²) in [6, 6.07) is 0. The maximum atomic E-state index is 11.1. The van der Waals surface area contributed by atoms with E-state index in [1.165, 1.54) is 0 Å². The van der Waals surface area contributed by atoms with Gasteiger partial charge in [0.15, 0.2) is 0 Å². The molecule has 0 heterocycles. The quantitative estimate of drug-likeness (QED) is 0.449. The zero-order chi connectivity index (χ0) is 10.8. The van der Waals surface area contributed by atoms with Gasteiger partial charge in [-0.25, -0.2) is 0 Å². The van der Waals surface area contributed by atoms with Crippen molar-refractivity contribution >= 4 is 5.91 Å². The van der Waals surface area contributed by atoms with E-state index in [4.69, 9.17) is 9.84 Å². The number of rotatable bonds is 8. The molecule has 0 aliphatic rings. The predicted molar refractivity (Wildman–Crippen MR) is 54.1 cm³/mol. The molecule has 1 amide bonds. The van der Waals surface area contributed by atoms with Gasteiger partial charge >= 0.3 is 0 Å². The minimum absolute atomic E-state index is 0.000132. The zero-order valence-corrected chi connectivity index (χ0v) is 8.88. The van der Waals surface area contributed by atoms with Gasteiger partial charge in [-0.15, -0.1) is 0 Å². The summed E-state index contributed by atoms with van der Waals surface area (Å²) in [5.74, 6) is 0.000132. The number of carbonyl (C=O) groups excluding carboxylic acids is 1. The van der Waals surface area contributed by atoms with Crippen LogP contribution in [0, 0.1) is 0 Å². The second-order valence-corrected chi connectivity index (χ2v) is 3.15. The van der Waals surface area contributed by atoms with Crippen LogP contribution in [-0.2, 0) is 9.53 Å². The van der Waals surface area contributed by atoms with E-state index in [0.717, 1.165) is 0 Å². The number of hydrogen-bond acceptors (Lipinski definition) is 4. The van der Waals surface area contributed by atoms with E-state index in [1.807, 2.05) is 0 Å². The lowest BCUT2D eigenvalue weighted by atomic mass is 10.3. The summed E-state index contributed by atoms with van der Waals surface area (Å²) < 4.78 is 4.79. The number of ether oxygens (including phenoxy) is 1. The molecular weight excluding hydrogens is 184 g/mol. The lowest BCUT2D eigenvalue weighted by molar-refractivity contribution is -0.121. The first kappa shape index (κ1) is 13.4. The smallest absolute Gasteiger partial charge is 0.221 e. The van der Waals surface area contributed by atoms with Crippen molar-refractivity contribution in [2.75, 3.05) is 33.4 Å². The van der Waals surface area contributed by atoms with Crippen LogP contribution in [-0.4, -0.2) is 50.5 Å². The Kier molecular flexibility index (Phi) is 8.51. The Balaban J connectivity index is 3.18. The predicted octanol–water partition coefficient (Wildman–Crippen LogP) is -0.890. The average molecular weight is 204 g/mol. The number of amides is 1. The van der Waals surface area contributed by atoms with Gasteiger partial charge in [-0.1, -0.05) is 0 Å². The zero-order valence-electron chi connectivity index (χ0n) is 8.88. The molecule has 0 radical (unpaired) electrons. The van der Waals surface area contributed by atoms with E-state index < -0.39 is 0 Å². The lowest BCUT2D eigenvalue weighted by Crippen LogP contribution is -2.32. The van der Waals surface area contributed by atoms with Crippen LogP contribution >= 0.6 is 0 Å². The maximum absolute atomic E-state index is 11.1. The van der Waals surface area contributed by atoms with Crippen molar-refractivity contribution < 1.29 is 14.6 Å². The molecule has 1 atom stereocenters. The SMILES string of the molecule is COCCNC(=O)CCNC[C@@H](C)O. The first-order valence-electron chi connectivity index (χ1n) is 4.81. The molecule has 0 bridgehead atoms. The van der Waals surface area contributed by atoms with Gasteiger partial charge in [0.05, 0.1) is 12.7 Å². The van der Waals surface area contributed by atoms with Crippen molar-refractivity contribution in [3.63, 3.8) is 0 Å². The number of carbonyl (C=O) groups is 1. The Morgan fingerprint density at radius 1 is 1.50 bits per heavy atom. The van der Waals surface area contributed by atoms with Crippen molar-refractivity contribution in [3.8, 4) is 0 Å². The van der Waals surface area contributed by atoms with Crippen LogP contribution < -0.4 is 10.6 Å². The van der Waals surface area contributed by atoms with Gasteiger partial charge in [-0.05, 0) is 6.92 Å². The van der Waals surface area contributed by atoms with Crippen LogP contribution in [0.15, 0.2) is 0 Å². The summed E-state index contributed by atoms with van der Waals surface area (Å²) in [7, 11) is 1.59. The van der Waals surface area contributed by atoms with E-state index in [2.05, 4.69) is 10.6 Å². The van der Waals surface area contributed by atoms with Crippen LogP contribution in [0.1, 0.15) is 13.3 Å². The van der Waals surface area contributed by atoms with E-state index >= 15 is 0 Å². The maximum Gasteiger partial charge on any atom is 0.221 e. The fraction of sp³-hybridized carbons (Fsp3) is 0.889. The minimum Gasteiger partial charge on any atom is -0.392 e. The van der Waals surface area contributed by atoms with E-state index in [-0.39, 0.29) is 12.0 Å². The summed E-state index contributed by atoms with van der Waals surface area (Å²) in [5.41, 5.74) is 0. The van der Waals surface area contributed by atoms with E-state index in [9.17, 15) is 4.79 Å². The standard InChI is InChI=1S/C9H20N2O3/c1-8(12)7-10-4-3-9(13)11-5-6-14-2/h8,10,12H,3-7H2,1-2H3,(H,11,13)/t8-/m1/s1. The molecule has 5 heteroatoms. The van der Waals surface area contributed by atoms with Gasteiger partial charge in [-0.2, -0.15) is 0 Å². The van der Waals surface area contributed by atoms with Crippen molar-refractivity contribution in [1.29, 1.82) is 0 Å². The molecule has 0 rings (SSSR count). The highest BCUT2D eigenvalue weighted by Crippen LogP contribution is 1.79. The molecule has 0 fully saturated rings. The first-order valence-corrected chi connectivity index (χ1v) is 4.81. The first-order chi connectivity index (χ1) is 6.66. The van der Waals surface area contributed by atoms with Gasteiger partial charge < -0.3 is 20.5 Å². The van der Waals surface area contributed by atoms with Crippen LogP contribution in [0.25, 0.3) is 0 Å². The normalized spacial score (nSPS) is 12.5. The summed E-state index contributed by atoms with van der Waals surface area (Å²) in [4.78, 5) is 11.1. The molecular formula is C9H20N2O3. The lowest BCUT2D eigenvalue weighted by Gasteiger charge is -2.07. The molecule has 0 aromatic heterocycles. The fourth-order valence-electron chi connectivity index (χ4n) is 0.894. The minimum atomic E-state index is -0.369. The van der Waals surface area contributed by atoms with E-state index in [0.29, 0.717) is 32.7 Å². The molecule has 0 spiro atoms. The molecule has 0 unspecified atom stereocenters. The Morgan fingerprint density at radius 3 is 2.79 bits per heavy atom. The summed E-state index contributed by atoms with van der Waals surface area (Å²) in [6.45, 7) is 3.89. The Bertz CT molecular complexity index is 151. The number of aliphatic hydroxyl groups excluding tert-OH is 1. The van der Waals surface area contributed by atoms with Crippen molar-refractivity contribution in [3.05, 3.63) is 0 Å². The Hall–Kier alpha value is -0.650. The van der Waals surface area contributed by atoms with Crippen molar-refractivity contribution in [2.24, 2.45) is 0 Å².